The average Bonchev–Trinajstić information content (AvgIpc) is 3.42. The predicted molar refractivity (Wildman–Crippen MR) is 151 cm³/mol. The fourth-order valence-electron chi connectivity index (χ4n) is 5.10. The zero-order chi connectivity index (χ0) is 26.9. The van der Waals surface area contributed by atoms with Gasteiger partial charge in [-0.05, 0) is 79.4 Å². The largest absolute Gasteiger partial charge is 0.350 e. The van der Waals surface area contributed by atoms with Crippen LogP contribution in [0.3, 0.4) is 0 Å². The first-order valence-corrected chi connectivity index (χ1v) is 12.9. The number of piperazine rings is 1. The number of hydrogen-bond acceptors (Lipinski definition) is 8. The number of hydrogen-bond donors (Lipinski definition) is 1. The number of pyridine rings is 2. The fraction of sp³-hybridized carbons (Fsp3) is 0.241. The molecule has 0 unspecified atom stereocenters. The molecule has 4 aromatic heterocycles. The molecule has 0 aliphatic carbocycles. The lowest BCUT2D eigenvalue weighted by atomic mass is 10.0. The Morgan fingerprint density at radius 2 is 2.00 bits per heavy atom. The lowest BCUT2D eigenvalue weighted by molar-refractivity contribution is -0.126. The van der Waals surface area contributed by atoms with Crippen molar-refractivity contribution in [2.24, 2.45) is 0 Å². The monoisotopic (exact) mass is 519 g/mol. The highest BCUT2D eigenvalue weighted by molar-refractivity contribution is 5.89. The molecule has 0 radical (unpaired) electrons. The Balaban J connectivity index is 1.22. The van der Waals surface area contributed by atoms with Crippen molar-refractivity contribution in [3.05, 3.63) is 90.7 Å². The van der Waals surface area contributed by atoms with E-state index >= 15 is 0 Å². The van der Waals surface area contributed by atoms with Crippen molar-refractivity contribution in [2.75, 3.05) is 29.9 Å². The summed E-state index contributed by atoms with van der Waals surface area (Å²) >= 11 is 0. The fourth-order valence-corrected chi connectivity index (χ4v) is 5.10. The normalized spacial score (nSPS) is 15.6. The van der Waals surface area contributed by atoms with Crippen LogP contribution in [0.2, 0.25) is 0 Å². The van der Waals surface area contributed by atoms with Crippen LogP contribution in [0.15, 0.2) is 74.0 Å². The summed E-state index contributed by atoms with van der Waals surface area (Å²) in [5.74, 6) is 1.46. The molecule has 39 heavy (non-hydrogen) atoms. The highest BCUT2D eigenvalue weighted by Crippen LogP contribution is 2.27. The topological polar surface area (TPSA) is 104 Å². The summed E-state index contributed by atoms with van der Waals surface area (Å²) in [6, 6.07) is 14.5. The molecule has 6 rings (SSSR count). The Kier molecular flexibility index (Phi) is 6.36. The minimum absolute atomic E-state index is 0.0365. The van der Waals surface area contributed by atoms with Crippen molar-refractivity contribution in [3.63, 3.8) is 0 Å². The van der Waals surface area contributed by atoms with Crippen molar-refractivity contribution in [2.45, 2.75) is 26.3 Å². The standard InChI is InChI=1S/C29H29N9O/c1-4-27(39)36-11-12-37(20(3)16-36)25-8-7-24-28(35-25)29(32-17-30-24)34-23-6-5-22(19(2)13-23)14-21-9-10-38-26(15-21)31-18-33-38/h4-10,13,15,17-18,20H,1,11-12,14,16H2,2-3H3,(H,30,32,34)/t20-/m0/s1. The van der Waals surface area contributed by atoms with Gasteiger partial charge in [0.1, 0.15) is 24.0 Å². The van der Waals surface area contributed by atoms with Gasteiger partial charge in [-0.25, -0.2) is 24.5 Å². The molecule has 1 atom stereocenters. The van der Waals surface area contributed by atoms with Gasteiger partial charge < -0.3 is 15.1 Å². The van der Waals surface area contributed by atoms with E-state index in [4.69, 9.17) is 4.98 Å². The van der Waals surface area contributed by atoms with E-state index in [1.54, 1.807) is 17.2 Å². The first kappa shape index (κ1) is 24.5. The average molecular weight is 520 g/mol. The lowest BCUT2D eigenvalue weighted by Gasteiger charge is -2.40. The predicted octanol–water partition coefficient (Wildman–Crippen LogP) is 3.93. The molecule has 1 amide bonds. The number of benzene rings is 1. The van der Waals surface area contributed by atoms with Gasteiger partial charge >= 0.3 is 0 Å². The zero-order valence-corrected chi connectivity index (χ0v) is 21.9. The molecule has 1 aliphatic rings. The third kappa shape index (κ3) is 4.88. The number of nitrogens with zero attached hydrogens (tertiary/aromatic N) is 8. The third-order valence-electron chi connectivity index (χ3n) is 7.22. The van der Waals surface area contributed by atoms with Gasteiger partial charge in [0.25, 0.3) is 0 Å². The Morgan fingerprint density at radius 1 is 1.10 bits per heavy atom. The van der Waals surface area contributed by atoms with Gasteiger partial charge in [0.2, 0.25) is 5.91 Å². The second-order valence-electron chi connectivity index (χ2n) is 9.83. The smallest absolute Gasteiger partial charge is 0.246 e. The van der Waals surface area contributed by atoms with Gasteiger partial charge in [-0.3, -0.25) is 4.79 Å². The molecule has 1 aliphatic heterocycles. The van der Waals surface area contributed by atoms with E-state index in [9.17, 15) is 4.79 Å². The van der Waals surface area contributed by atoms with Crippen LogP contribution in [0, 0.1) is 6.92 Å². The second kappa shape index (κ2) is 10.1. The van der Waals surface area contributed by atoms with E-state index in [1.807, 2.05) is 23.2 Å². The van der Waals surface area contributed by atoms with Crippen molar-refractivity contribution in [1.82, 2.24) is 34.4 Å². The number of aromatic nitrogens is 6. The van der Waals surface area contributed by atoms with Crippen LogP contribution in [-0.4, -0.2) is 66.0 Å². The summed E-state index contributed by atoms with van der Waals surface area (Å²) in [6.45, 7) is 9.77. The van der Waals surface area contributed by atoms with Crippen LogP contribution in [0.25, 0.3) is 16.7 Å². The van der Waals surface area contributed by atoms with E-state index in [0.717, 1.165) is 29.1 Å². The number of carbonyl (C=O) groups is 1. The van der Waals surface area contributed by atoms with Gasteiger partial charge in [-0.2, -0.15) is 5.10 Å². The molecule has 196 valence electrons. The summed E-state index contributed by atoms with van der Waals surface area (Å²) in [7, 11) is 0. The van der Waals surface area contributed by atoms with E-state index in [2.05, 4.69) is 81.0 Å². The first-order valence-electron chi connectivity index (χ1n) is 12.9. The number of carbonyl (C=O) groups excluding carboxylic acids is 1. The third-order valence-corrected chi connectivity index (χ3v) is 7.22. The molecule has 10 heteroatoms. The zero-order valence-electron chi connectivity index (χ0n) is 21.9. The van der Waals surface area contributed by atoms with Gasteiger partial charge in [0.15, 0.2) is 11.5 Å². The maximum atomic E-state index is 12.1. The minimum Gasteiger partial charge on any atom is -0.350 e. The van der Waals surface area contributed by atoms with Crippen LogP contribution in [0.4, 0.5) is 17.3 Å². The maximum absolute atomic E-state index is 12.1. The second-order valence-corrected chi connectivity index (χ2v) is 9.83. The number of nitrogens with one attached hydrogen (secondary N) is 1. The van der Waals surface area contributed by atoms with E-state index in [0.29, 0.717) is 31.0 Å². The minimum atomic E-state index is -0.0365. The quantitative estimate of drug-likeness (QED) is 0.337. The van der Waals surface area contributed by atoms with Crippen LogP contribution < -0.4 is 10.2 Å². The van der Waals surface area contributed by atoms with Crippen molar-refractivity contribution >= 4 is 39.9 Å². The van der Waals surface area contributed by atoms with Crippen LogP contribution >= 0.6 is 0 Å². The van der Waals surface area contributed by atoms with E-state index in [1.165, 1.54) is 22.8 Å². The molecule has 5 heterocycles. The maximum Gasteiger partial charge on any atom is 0.246 e. The molecule has 1 fully saturated rings. The summed E-state index contributed by atoms with van der Waals surface area (Å²) in [6.07, 6.45) is 7.23. The number of amides is 1. The Bertz CT molecular complexity index is 1700. The molecule has 0 saturated carbocycles. The summed E-state index contributed by atoms with van der Waals surface area (Å²) in [5, 5.41) is 7.62. The number of fused-ring (bicyclic) bond motifs is 2. The number of anilines is 3. The van der Waals surface area contributed by atoms with Crippen molar-refractivity contribution < 1.29 is 4.79 Å². The van der Waals surface area contributed by atoms with Gasteiger partial charge in [0, 0.05) is 37.6 Å². The van der Waals surface area contributed by atoms with Crippen LogP contribution in [-0.2, 0) is 11.2 Å². The van der Waals surface area contributed by atoms with E-state index in [-0.39, 0.29) is 11.9 Å². The lowest BCUT2D eigenvalue weighted by Crippen LogP contribution is -2.53. The van der Waals surface area contributed by atoms with Gasteiger partial charge in [0.05, 0.1) is 5.52 Å². The highest BCUT2D eigenvalue weighted by Gasteiger charge is 2.27. The summed E-state index contributed by atoms with van der Waals surface area (Å²) in [4.78, 5) is 34.3. The molecular formula is C29H29N9O. The summed E-state index contributed by atoms with van der Waals surface area (Å²) < 4.78 is 1.76. The number of aryl methyl sites for hydroxylation is 1. The van der Waals surface area contributed by atoms with E-state index < -0.39 is 0 Å². The Morgan fingerprint density at radius 3 is 2.82 bits per heavy atom. The SMILES string of the molecule is C=CC(=O)N1CCN(c2ccc3ncnc(Nc4ccc(Cc5ccn6ncnc6c5)c(C)c4)c3n2)[C@@H](C)C1. The molecule has 0 spiro atoms. The van der Waals surface area contributed by atoms with Crippen molar-refractivity contribution in [1.29, 1.82) is 0 Å². The molecule has 0 bridgehead atoms. The molecule has 10 nitrogen and oxygen atoms in total. The molecular weight excluding hydrogens is 490 g/mol. The van der Waals surface area contributed by atoms with Crippen LogP contribution in [0.5, 0.6) is 0 Å². The molecule has 1 aromatic carbocycles. The summed E-state index contributed by atoms with van der Waals surface area (Å²) in [5.41, 5.74) is 6.83. The Labute approximate surface area is 226 Å². The molecule has 5 aromatic rings. The van der Waals surface area contributed by atoms with Crippen LogP contribution in [0.1, 0.15) is 23.6 Å². The molecule has 1 N–H and O–H groups in total. The van der Waals surface area contributed by atoms with Gasteiger partial charge in [-0.15, -0.1) is 0 Å². The molecule has 1 saturated heterocycles. The number of rotatable bonds is 6. The highest BCUT2D eigenvalue weighted by atomic mass is 16.2. The van der Waals surface area contributed by atoms with Gasteiger partial charge in [-0.1, -0.05) is 12.6 Å². The van der Waals surface area contributed by atoms with Crippen molar-refractivity contribution in [3.8, 4) is 0 Å². The first-order chi connectivity index (χ1) is 19.0. The Hall–Kier alpha value is -4.86.